The van der Waals surface area contributed by atoms with Crippen molar-refractivity contribution >= 4 is 5.69 Å². The standard InChI is InChI=1S/C24H26F2N6O/c1-17(30-20-8-10-31(11-9-20)23-5-3-2-4-18(23)13-27)24(33,14-32-16-28-15-29-32)21-7-6-19(25)12-22(21)26/h2-7,12,15-17,20,30,33H,8-11,14H2,1H3/t17-,24-/m1/s1. The van der Waals surface area contributed by atoms with Gasteiger partial charge in [0.15, 0.2) is 0 Å². The van der Waals surface area contributed by atoms with Gasteiger partial charge in [-0.05, 0) is 38.0 Å². The van der Waals surface area contributed by atoms with Crippen molar-refractivity contribution in [3.63, 3.8) is 0 Å². The Labute approximate surface area is 191 Å². The highest BCUT2D eigenvalue weighted by Crippen LogP contribution is 2.31. The summed E-state index contributed by atoms with van der Waals surface area (Å²) in [7, 11) is 0. The highest BCUT2D eigenvalue weighted by Gasteiger charge is 2.40. The lowest BCUT2D eigenvalue weighted by Gasteiger charge is -2.40. The Kier molecular flexibility index (Phi) is 6.67. The van der Waals surface area contributed by atoms with Crippen LogP contribution in [0.2, 0.25) is 0 Å². The highest BCUT2D eigenvalue weighted by atomic mass is 19.1. The van der Waals surface area contributed by atoms with Gasteiger partial charge in [-0.3, -0.25) is 0 Å². The molecule has 7 nitrogen and oxygen atoms in total. The number of hydrogen-bond donors (Lipinski definition) is 2. The molecule has 4 rings (SSSR count). The van der Waals surface area contributed by atoms with Crippen LogP contribution in [0.15, 0.2) is 55.1 Å². The topological polar surface area (TPSA) is 90.0 Å². The molecule has 172 valence electrons. The molecule has 1 saturated heterocycles. The average molecular weight is 453 g/mol. The summed E-state index contributed by atoms with van der Waals surface area (Å²) in [5.41, 5.74) is -0.121. The van der Waals surface area contributed by atoms with Crippen LogP contribution in [-0.2, 0) is 12.1 Å². The quantitative estimate of drug-likeness (QED) is 0.573. The average Bonchev–Trinajstić information content (AvgIpc) is 3.32. The fourth-order valence-electron chi connectivity index (χ4n) is 4.48. The molecule has 1 aliphatic heterocycles. The summed E-state index contributed by atoms with van der Waals surface area (Å²) in [5.74, 6) is -1.51. The normalized spacial score (nSPS) is 17.4. The van der Waals surface area contributed by atoms with E-state index in [2.05, 4.69) is 26.4 Å². The predicted molar refractivity (Wildman–Crippen MR) is 119 cm³/mol. The number of hydrogen-bond acceptors (Lipinski definition) is 6. The zero-order valence-corrected chi connectivity index (χ0v) is 18.3. The van der Waals surface area contributed by atoms with Crippen molar-refractivity contribution in [1.29, 1.82) is 5.26 Å². The number of aliphatic hydroxyl groups is 1. The number of rotatable bonds is 7. The van der Waals surface area contributed by atoms with Gasteiger partial charge in [0.1, 0.15) is 36.0 Å². The van der Waals surface area contributed by atoms with Crippen LogP contribution in [0.3, 0.4) is 0 Å². The Morgan fingerprint density at radius 1 is 1.24 bits per heavy atom. The Morgan fingerprint density at radius 2 is 2.00 bits per heavy atom. The maximum absolute atomic E-state index is 14.7. The molecule has 2 aromatic carbocycles. The number of piperidine rings is 1. The highest BCUT2D eigenvalue weighted by molar-refractivity contribution is 5.59. The molecular formula is C24H26F2N6O. The van der Waals surface area contributed by atoms with E-state index >= 15 is 0 Å². The molecule has 2 N–H and O–H groups in total. The second kappa shape index (κ2) is 9.65. The van der Waals surface area contributed by atoms with Crippen LogP contribution in [0.4, 0.5) is 14.5 Å². The van der Waals surface area contributed by atoms with E-state index in [1.54, 1.807) is 6.92 Å². The number of para-hydroxylation sites is 1. The van der Waals surface area contributed by atoms with Crippen LogP contribution in [0.5, 0.6) is 0 Å². The fraction of sp³-hybridized carbons (Fsp3) is 0.375. The molecule has 1 aliphatic rings. The molecule has 1 aromatic heterocycles. The number of aromatic nitrogens is 3. The van der Waals surface area contributed by atoms with Gasteiger partial charge in [-0.1, -0.05) is 18.2 Å². The van der Waals surface area contributed by atoms with E-state index in [1.807, 2.05) is 24.3 Å². The van der Waals surface area contributed by atoms with Gasteiger partial charge in [-0.2, -0.15) is 10.4 Å². The Hall–Kier alpha value is -3.35. The van der Waals surface area contributed by atoms with Crippen molar-refractivity contribution in [2.75, 3.05) is 18.0 Å². The lowest BCUT2D eigenvalue weighted by Crippen LogP contribution is -2.55. The molecule has 2 heterocycles. The Bertz CT molecular complexity index is 1120. The minimum absolute atomic E-state index is 0.000200. The first-order valence-corrected chi connectivity index (χ1v) is 10.9. The molecule has 0 unspecified atom stereocenters. The molecule has 0 saturated carbocycles. The fourth-order valence-corrected chi connectivity index (χ4v) is 4.48. The molecule has 0 amide bonds. The number of anilines is 1. The summed E-state index contributed by atoms with van der Waals surface area (Å²) in [4.78, 5) is 6.08. The molecule has 0 radical (unpaired) electrons. The van der Waals surface area contributed by atoms with E-state index < -0.39 is 23.3 Å². The van der Waals surface area contributed by atoms with E-state index in [0.717, 1.165) is 43.8 Å². The third-order valence-electron chi connectivity index (χ3n) is 6.33. The lowest BCUT2D eigenvalue weighted by atomic mass is 9.85. The van der Waals surface area contributed by atoms with Crippen LogP contribution in [0.25, 0.3) is 0 Å². The van der Waals surface area contributed by atoms with Gasteiger partial charge in [0.25, 0.3) is 0 Å². The summed E-state index contributed by atoms with van der Waals surface area (Å²) >= 11 is 0. The van der Waals surface area contributed by atoms with Crippen molar-refractivity contribution in [3.8, 4) is 6.07 Å². The zero-order valence-electron chi connectivity index (χ0n) is 18.3. The van der Waals surface area contributed by atoms with Crippen LogP contribution in [0.1, 0.15) is 30.9 Å². The van der Waals surface area contributed by atoms with Crippen molar-refractivity contribution in [2.45, 2.75) is 44.0 Å². The van der Waals surface area contributed by atoms with Crippen LogP contribution in [-0.4, -0.2) is 45.0 Å². The van der Waals surface area contributed by atoms with E-state index in [9.17, 15) is 19.1 Å². The number of nitriles is 1. The van der Waals surface area contributed by atoms with Crippen LogP contribution < -0.4 is 10.2 Å². The number of nitrogens with zero attached hydrogens (tertiary/aromatic N) is 5. The van der Waals surface area contributed by atoms with Crippen LogP contribution >= 0.6 is 0 Å². The zero-order chi connectivity index (χ0) is 23.4. The van der Waals surface area contributed by atoms with Crippen molar-refractivity contribution in [3.05, 3.63) is 77.9 Å². The second-order valence-electron chi connectivity index (χ2n) is 8.42. The largest absolute Gasteiger partial charge is 0.381 e. The summed E-state index contributed by atoms with van der Waals surface area (Å²) in [6.07, 6.45) is 4.36. The van der Waals surface area contributed by atoms with Crippen molar-refractivity contribution in [2.24, 2.45) is 0 Å². The lowest BCUT2D eigenvalue weighted by molar-refractivity contribution is -0.0242. The predicted octanol–water partition coefficient (Wildman–Crippen LogP) is 2.96. The second-order valence-corrected chi connectivity index (χ2v) is 8.42. The van der Waals surface area contributed by atoms with Gasteiger partial charge >= 0.3 is 0 Å². The van der Waals surface area contributed by atoms with E-state index in [4.69, 9.17) is 0 Å². The Morgan fingerprint density at radius 3 is 2.67 bits per heavy atom. The van der Waals surface area contributed by atoms with Crippen LogP contribution in [0, 0.1) is 23.0 Å². The monoisotopic (exact) mass is 452 g/mol. The minimum atomic E-state index is -1.68. The molecule has 1 fully saturated rings. The molecule has 0 spiro atoms. The first-order valence-electron chi connectivity index (χ1n) is 10.9. The van der Waals surface area contributed by atoms with Gasteiger partial charge in [-0.25, -0.2) is 18.4 Å². The number of halogens is 2. The van der Waals surface area contributed by atoms with Gasteiger partial charge < -0.3 is 15.3 Å². The van der Waals surface area contributed by atoms with E-state index in [0.29, 0.717) is 5.56 Å². The third kappa shape index (κ3) is 4.87. The molecule has 33 heavy (non-hydrogen) atoms. The molecule has 9 heteroatoms. The van der Waals surface area contributed by atoms with Crippen molar-refractivity contribution < 1.29 is 13.9 Å². The summed E-state index contributed by atoms with van der Waals surface area (Å²) in [6.45, 7) is 3.24. The molecular weight excluding hydrogens is 426 g/mol. The van der Waals surface area contributed by atoms with Gasteiger partial charge in [0, 0.05) is 36.8 Å². The Balaban J connectivity index is 1.49. The summed E-state index contributed by atoms with van der Waals surface area (Å²) < 4.78 is 29.7. The van der Waals surface area contributed by atoms with E-state index in [-0.39, 0.29) is 18.2 Å². The van der Waals surface area contributed by atoms with E-state index in [1.165, 1.54) is 23.4 Å². The maximum Gasteiger partial charge on any atom is 0.137 e. The first kappa shape index (κ1) is 22.8. The molecule has 2 atom stereocenters. The van der Waals surface area contributed by atoms with Crippen molar-refractivity contribution in [1.82, 2.24) is 20.1 Å². The molecule has 3 aromatic rings. The number of benzene rings is 2. The SMILES string of the molecule is C[C@@H](NC1CCN(c2ccccc2C#N)CC1)[C@](O)(Cn1cncn1)c1ccc(F)cc1F. The smallest absolute Gasteiger partial charge is 0.137 e. The first-order chi connectivity index (χ1) is 15.9. The van der Waals surface area contributed by atoms with Gasteiger partial charge in [0.2, 0.25) is 0 Å². The summed E-state index contributed by atoms with van der Waals surface area (Å²) in [6, 6.07) is 12.5. The maximum atomic E-state index is 14.7. The van der Waals surface area contributed by atoms with Gasteiger partial charge in [0.05, 0.1) is 17.8 Å². The third-order valence-corrected chi connectivity index (χ3v) is 6.33. The molecule has 0 bridgehead atoms. The number of nitrogens with one attached hydrogen (secondary N) is 1. The minimum Gasteiger partial charge on any atom is -0.381 e. The molecule has 0 aliphatic carbocycles. The van der Waals surface area contributed by atoms with Gasteiger partial charge in [-0.15, -0.1) is 0 Å². The summed E-state index contributed by atoms with van der Waals surface area (Å²) in [5, 5.41) is 28.5.